The zero-order valence-electron chi connectivity index (χ0n) is 19.7. The molecule has 0 radical (unpaired) electrons. The minimum Gasteiger partial charge on any atom is -0.381 e. The van der Waals surface area contributed by atoms with Gasteiger partial charge < -0.3 is 15.5 Å². The molecule has 1 aliphatic carbocycles. The first-order chi connectivity index (χ1) is 16.0. The Morgan fingerprint density at radius 1 is 0.970 bits per heavy atom. The number of carbonyl (C=O) groups excluding carboxylic acids is 2. The van der Waals surface area contributed by atoms with E-state index < -0.39 is 0 Å². The minimum absolute atomic E-state index is 0.0771. The maximum Gasteiger partial charge on any atom is 0.251 e. The van der Waals surface area contributed by atoms with Crippen LogP contribution in [0.4, 0.5) is 5.69 Å². The summed E-state index contributed by atoms with van der Waals surface area (Å²) in [4.78, 5) is 29.0. The molecule has 174 valence electrons. The van der Waals surface area contributed by atoms with Gasteiger partial charge in [0.2, 0.25) is 5.91 Å². The van der Waals surface area contributed by atoms with Gasteiger partial charge in [-0.25, -0.2) is 0 Å². The summed E-state index contributed by atoms with van der Waals surface area (Å²) in [5.41, 5.74) is 3.06. The van der Waals surface area contributed by atoms with Crippen molar-refractivity contribution in [1.29, 1.82) is 0 Å². The highest BCUT2D eigenvalue weighted by molar-refractivity contribution is 5.94. The molecule has 1 saturated heterocycles. The lowest BCUT2D eigenvalue weighted by atomic mass is 9.78. The van der Waals surface area contributed by atoms with Crippen LogP contribution in [0.25, 0.3) is 0 Å². The maximum absolute atomic E-state index is 14.0. The summed E-state index contributed by atoms with van der Waals surface area (Å²) in [5, 5.41) is 6.97. The average Bonchev–Trinajstić information content (AvgIpc) is 3.29. The van der Waals surface area contributed by atoms with Gasteiger partial charge in [-0.15, -0.1) is 0 Å². The van der Waals surface area contributed by atoms with Gasteiger partial charge in [0.1, 0.15) is 0 Å². The van der Waals surface area contributed by atoms with E-state index in [1.165, 1.54) is 5.56 Å². The van der Waals surface area contributed by atoms with Crippen molar-refractivity contribution in [2.24, 2.45) is 17.8 Å². The molecule has 2 N–H and O–H groups in total. The van der Waals surface area contributed by atoms with Crippen LogP contribution in [0.2, 0.25) is 0 Å². The Balaban J connectivity index is 1.39. The maximum atomic E-state index is 14.0. The van der Waals surface area contributed by atoms with Gasteiger partial charge in [-0.3, -0.25) is 9.59 Å². The molecule has 0 bridgehead atoms. The number of nitrogens with one attached hydrogen (secondary N) is 2. The zero-order valence-corrected chi connectivity index (χ0v) is 19.7. The average molecular weight is 446 g/mol. The Bertz CT molecular complexity index is 1010. The predicted octanol–water partition coefficient (Wildman–Crippen LogP) is 5.02. The zero-order chi connectivity index (χ0) is 22.9. The molecule has 2 aromatic rings. The van der Waals surface area contributed by atoms with E-state index in [0.717, 1.165) is 44.3 Å². The Morgan fingerprint density at radius 2 is 1.70 bits per heavy atom. The number of anilines is 1. The number of hydrogen-bond donors (Lipinski definition) is 2. The third-order valence-electron chi connectivity index (χ3n) is 7.94. The lowest BCUT2D eigenvalue weighted by Crippen LogP contribution is -2.50. The standard InChI is InChI=1S/C28H35N3O2/c1-18(2)25-22-16-17-31(26(22)20-12-6-8-14-23(20)29-25)28(33)21-13-7-9-15-24(21)30-27(32)19-10-4-3-5-11-19/h3-6,8,10-12,14,18,21-22,24-26,29H,7,9,13,15-17H2,1-2H3,(H,30,32)/t21-,22-,24+,25+,26+/m0/s1. The van der Waals surface area contributed by atoms with Gasteiger partial charge >= 0.3 is 0 Å². The molecule has 2 amide bonds. The number of likely N-dealkylation sites (tertiary alicyclic amines) is 1. The summed E-state index contributed by atoms with van der Waals surface area (Å²) in [7, 11) is 0. The van der Waals surface area contributed by atoms with Gasteiger partial charge in [-0.1, -0.05) is 63.1 Å². The highest BCUT2D eigenvalue weighted by Gasteiger charge is 2.48. The van der Waals surface area contributed by atoms with Crippen LogP contribution >= 0.6 is 0 Å². The number of hydrogen-bond acceptors (Lipinski definition) is 3. The molecule has 5 heteroatoms. The van der Waals surface area contributed by atoms with Crippen LogP contribution in [0, 0.1) is 17.8 Å². The third-order valence-corrected chi connectivity index (χ3v) is 7.94. The van der Waals surface area contributed by atoms with Crippen molar-refractivity contribution in [2.45, 2.75) is 64.1 Å². The number of benzene rings is 2. The summed E-state index contributed by atoms with van der Waals surface area (Å²) in [6.45, 7) is 5.33. The number of para-hydroxylation sites is 1. The highest BCUT2D eigenvalue weighted by atomic mass is 16.2. The molecule has 3 aliphatic rings. The molecule has 1 saturated carbocycles. The van der Waals surface area contributed by atoms with Crippen molar-refractivity contribution < 1.29 is 9.59 Å². The summed E-state index contributed by atoms with van der Waals surface area (Å²) in [5.74, 6) is 0.912. The fourth-order valence-corrected chi connectivity index (χ4v) is 6.33. The van der Waals surface area contributed by atoms with Gasteiger partial charge in [0.25, 0.3) is 5.91 Å². The lowest BCUT2D eigenvalue weighted by molar-refractivity contribution is -0.139. The molecule has 33 heavy (non-hydrogen) atoms. The van der Waals surface area contributed by atoms with Gasteiger partial charge in [-0.05, 0) is 48.9 Å². The molecule has 2 aromatic carbocycles. The monoisotopic (exact) mass is 445 g/mol. The highest BCUT2D eigenvalue weighted by Crippen LogP contribution is 2.48. The van der Waals surface area contributed by atoms with Crippen molar-refractivity contribution in [3.63, 3.8) is 0 Å². The van der Waals surface area contributed by atoms with Crippen LogP contribution in [0.3, 0.4) is 0 Å². The number of carbonyl (C=O) groups is 2. The molecule has 0 spiro atoms. The second-order valence-electron chi connectivity index (χ2n) is 10.3. The van der Waals surface area contributed by atoms with Crippen LogP contribution in [0.5, 0.6) is 0 Å². The molecule has 0 unspecified atom stereocenters. The van der Waals surface area contributed by atoms with E-state index in [0.29, 0.717) is 23.4 Å². The Morgan fingerprint density at radius 3 is 2.48 bits per heavy atom. The fraction of sp³-hybridized carbons (Fsp3) is 0.500. The number of amides is 2. The second kappa shape index (κ2) is 9.20. The molecule has 5 rings (SSSR count). The van der Waals surface area contributed by atoms with Crippen LogP contribution in [0.1, 0.15) is 67.9 Å². The number of nitrogens with zero attached hydrogens (tertiary/aromatic N) is 1. The van der Waals surface area contributed by atoms with E-state index in [9.17, 15) is 9.59 Å². The topological polar surface area (TPSA) is 61.4 Å². The predicted molar refractivity (Wildman–Crippen MR) is 131 cm³/mol. The molecular weight excluding hydrogens is 410 g/mol. The minimum atomic E-state index is -0.148. The smallest absolute Gasteiger partial charge is 0.251 e. The Labute approximate surface area is 196 Å². The molecule has 2 aliphatic heterocycles. The van der Waals surface area contributed by atoms with Crippen molar-refractivity contribution >= 4 is 17.5 Å². The summed E-state index contributed by atoms with van der Waals surface area (Å²) in [6.07, 6.45) is 4.83. The van der Waals surface area contributed by atoms with Crippen molar-refractivity contribution in [3.05, 3.63) is 65.7 Å². The molecule has 2 heterocycles. The largest absolute Gasteiger partial charge is 0.381 e. The summed E-state index contributed by atoms with van der Waals surface area (Å²) >= 11 is 0. The lowest BCUT2D eigenvalue weighted by Gasteiger charge is -2.43. The molecule has 0 aromatic heterocycles. The Kier molecular flexibility index (Phi) is 6.13. The van der Waals surface area contributed by atoms with Gasteiger partial charge in [0.05, 0.1) is 12.0 Å². The van der Waals surface area contributed by atoms with E-state index in [1.807, 2.05) is 30.3 Å². The third kappa shape index (κ3) is 4.14. The first kappa shape index (κ1) is 22.0. The van der Waals surface area contributed by atoms with Gasteiger partial charge in [-0.2, -0.15) is 0 Å². The quantitative estimate of drug-likeness (QED) is 0.695. The number of fused-ring (bicyclic) bond motifs is 3. The molecule has 2 fully saturated rings. The first-order valence-electron chi connectivity index (χ1n) is 12.6. The van der Waals surface area contributed by atoms with Crippen LogP contribution < -0.4 is 10.6 Å². The molecule has 5 nitrogen and oxygen atoms in total. The van der Waals surface area contributed by atoms with E-state index in [1.54, 1.807) is 0 Å². The number of rotatable bonds is 4. The second-order valence-corrected chi connectivity index (χ2v) is 10.3. The van der Waals surface area contributed by atoms with Gasteiger partial charge in [0.15, 0.2) is 0 Å². The Hall–Kier alpha value is -2.82. The van der Waals surface area contributed by atoms with E-state index in [4.69, 9.17) is 0 Å². The van der Waals surface area contributed by atoms with E-state index >= 15 is 0 Å². The summed E-state index contributed by atoms with van der Waals surface area (Å²) in [6, 6.07) is 18.2. The van der Waals surface area contributed by atoms with E-state index in [-0.39, 0.29) is 29.8 Å². The summed E-state index contributed by atoms with van der Waals surface area (Å²) < 4.78 is 0. The first-order valence-corrected chi connectivity index (χ1v) is 12.6. The van der Waals surface area contributed by atoms with Gasteiger partial charge in [0, 0.05) is 35.8 Å². The van der Waals surface area contributed by atoms with Crippen molar-refractivity contribution in [2.75, 3.05) is 11.9 Å². The van der Waals surface area contributed by atoms with Crippen LogP contribution in [-0.4, -0.2) is 35.3 Å². The van der Waals surface area contributed by atoms with Crippen molar-refractivity contribution in [3.8, 4) is 0 Å². The molecule has 5 atom stereocenters. The fourth-order valence-electron chi connectivity index (χ4n) is 6.33. The SMILES string of the molecule is CC(C)[C@H]1Nc2ccccc2[C@@H]2[C@H]1CCN2C(=O)[C@H]1CCCC[C@H]1NC(=O)c1ccccc1. The van der Waals surface area contributed by atoms with Crippen LogP contribution in [-0.2, 0) is 4.79 Å². The van der Waals surface area contributed by atoms with Crippen molar-refractivity contribution in [1.82, 2.24) is 10.2 Å². The van der Waals surface area contributed by atoms with Crippen LogP contribution in [0.15, 0.2) is 54.6 Å². The van der Waals surface area contributed by atoms with E-state index in [2.05, 4.69) is 53.6 Å². The normalized spacial score (nSPS) is 28.6. The molecular formula is C28H35N3O2.